The maximum Gasteiger partial charge on any atom is 0.118 e. The minimum atomic E-state index is 0.398. The van der Waals surface area contributed by atoms with Gasteiger partial charge in [0.25, 0.3) is 0 Å². The van der Waals surface area contributed by atoms with Gasteiger partial charge in [0.2, 0.25) is 0 Å². The molecule has 0 bridgehead atoms. The summed E-state index contributed by atoms with van der Waals surface area (Å²) < 4.78 is 0. The maximum atomic E-state index is 9.54. The van der Waals surface area contributed by atoms with Crippen LogP contribution >= 0.6 is 0 Å². The average molecular weight is 193 g/mol. The minimum absolute atomic E-state index is 0.398. The Morgan fingerprint density at radius 2 is 1.86 bits per heavy atom. The second kappa shape index (κ2) is 5.01. The first-order valence-corrected chi connectivity index (χ1v) is 5.18. The highest BCUT2D eigenvalue weighted by Gasteiger charge is 2.05. The van der Waals surface area contributed by atoms with Crippen LogP contribution in [0.1, 0.15) is 25.0 Å². The Hall–Kier alpha value is -1.02. The third kappa shape index (κ3) is 2.48. The molecule has 0 fully saturated rings. The molecule has 0 aromatic heterocycles. The normalized spacial score (nSPS) is 10.9. The lowest BCUT2D eigenvalue weighted by molar-refractivity contribution is 0.294. The summed E-state index contributed by atoms with van der Waals surface area (Å²) in [7, 11) is 0. The third-order valence-corrected chi connectivity index (χ3v) is 2.71. The molecule has 78 valence electrons. The number of benzene rings is 1. The van der Waals surface area contributed by atoms with Crippen LogP contribution in [-0.2, 0) is 6.54 Å². The molecular formula is C12H19NO. The van der Waals surface area contributed by atoms with Crippen LogP contribution in [0.15, 0.2) is 18.2 Å². The van der Waals surface area contributed by atoms with Crippen LogP contribution in [0.4, 0.5) is 0 Å². The van der Waals surface area contributed by atoms with E-state index in [0.717, 1.165) is 25.2 Å². The van der Waals surface area contributed by atoms with E-state index in [0.29, 0.717) is 5.75 Å². The van der Waals surface area contributed by atoms with Crippen molar-refractivity contribution in [3.63, 3.8) is 0 Å². The quantitative estimate of drug-likeness (QED) is 0.794. The van der Waals surface area contributed by atoms with Gasteiger partial charge < -0.3 is 5.11 Å². The van der Waals surface area contributed by atoms with Crippen molar-refractivity contribution in [2.24, 2.45) is 0 Å². The summed E-state index contributed by atoms with van der Waals surface area (Å²) in [5.41, 5.74) is 2.22. The van der Waals surface area contributed by atoms with E-state index in [1.54, 1.807) is 6.07 Å². The predicted molar refractivity (Wildman–Crippen MR) is 59.5 cm³/mol. The molecule has 0 heterocycles. The Balaban J connectivity index is 2.80. The first kappa shape index (κ1) is 11.1. The van der Waals surface area contributed by atoms with Crippen LogP contribution in [0.2, 0.25) is 0 Å². The Bertz CT molecular complexity index is 292. The van der Waals surface area contributed by atoms with E-state index in [9.17, 15) is 5.11 Å². The maximum absolute atomic E-state index is 9.54. The van der Waals surface area contributed by atoms with Gasteiger partial charge in [-0.05, 0) is 37.2 Å². The van der Waals surface area contributed by atoms with Gasteiger partial charge in [-0.3, -0.25) is 4.90 Å². The fourth-order valence-corrected chi connectivity index (χ4v) is 1.53. The van der Waals surface area contributed by atoms with Crippen LogP contribution in [0, 0.1) is 6.92 Å². The molecule has 14 heavy (non-hydrogen) atoms. The fourth-order valence-electron chi connectivity index (χ4n) is 1.53. The number of aromatic hydroxyl groups is 1. The molecule has 0 amide bonds. The van der Waals surface area contributed by atoms with Crippen molar-refractivity contribution in [2.45, 2.75) is 27.3 Å². The van der Waals surface area contributed by atoms with Crippen molar-refractivity contribution >= 4 is 0 Å². The largest absolute Gasteiger partial charge is 0.508 e. The molecule has 2 nitrogen and oxygen atoms in total. The zero-order chi connectivity index (χ0) is 10.6. The molecular weight excluding hydrogens is 174 g/mol. The molecule has 0 unspecified atom stereocenters. The molecule has 0 aliphatic carbocycles. The first-order valence-electron chi connectivity index (χ1n) is 5.18. The van der Waals surface area contributed by atoms with E-state index in [4.69, 9.17) is 0 Å². The van der Waals surface area contributed by atoms with Crippen LogP contribution in [0.25, 0.3) is 0 Å². The van der Waals surface area contributed by atoms with Gasteiger partial charge in [-0.2, -0.15) is 0 Å². The van der Waals surface area contributed by atoms with Gasteiger partial charge in [0, 0.05) is 6.54 Å². The molecule has 1 aromatic rings. The van der Waals surface area contributed by atoms with E-state index >= 15 is 0 Å². The van der Waals surface area contributed by atoms with Crippen LogP contribution in [-0.4, -0.2) is 23.1 Å². The molecule has 0 saturated heterocycles. The smallest absolute Gasteiger partial charge is 0.118 e. The Kier molecular flexibility index (Phi) is 3.96. The molecule has 0 atom stereocenters. The predicted octanol–water partition coefficient (Wildman–Crippen LogP) is 2.54. The second-order valence-corrected chi connectivity index (χ2v) is 3.52. The fraction of sp³-hybridized carbons (Fsp3) is 0.500. The minimum Gasteiger partial charge on any atom is -0.508 e. The summed E-state index contributed by atoms with van der Waals surface area (Å²) in [6.07, 6.45) is 0. The molecule has 0 saturated carbocycles. The standard InChI is InChI=1S/C12H19NO/c1-4-13(5-2)9-11-7-6-8-12(14)10(11)3/h6-8,14H,4-5,9H2,1-3H3. The van der Waals surface area contributed by atoms with Crippen LogP contribution in [0.5, 0.6) is 5.75 Å². The lowest BCUT2D eigenvalue weighted by Gasteiger charge is -2.19. The van der Waals surface area contributed by atoms with Crippen molar-refractivity contribution in [2.75, 3.05) is 13.1 Å². The number of hydrogen-bond donors (Lipinski definition) is 1. The molecule has 2 heteroatoms. The van der Waals surface area contributed by atoms with Gasteiger partial charge in [0.15, 0.2) is 0 Å². The van der Waals surface area contributed by atoms with E-state index < -0.39 is 0 Å². The SMILES string of the molecule is CCN(CC)Cc1cccc(O)c1C. The summed E-state index contributed by atoms with van der Waals surface area (Å²) in [6.45, 7) is 9.29. The van der Waals surface area contributed by atoms with Gasteiger partial charge in [-0.25, -0.2) is 0 Å². The van der Waals surface area contributed by atoms with Gasteiger partial charge in [-0.15, -0.1) is 0 Å². The molecule has 0 aliphatic rings. The molecule has 1 aromatic carbocycles. The number of hydrogen-bond acceptors (Lipinski definition) is 2. The van der Waals surface area contributed by atoms with Gasteiger partial charge in [0.05, 0.1) is 0 Å². The lowest BCUT2D eigenvalue weighted by atomic mass is 10.1. The van der Waals surface area contributed by atoms with Gasteiger partial charge in [0.1, 0.15) is 5.75 Å². The summed E-state index contributed by atoms with van der Waals surface area (Å²) in [6, 6.07) is 5.72. The van der Waals surface area contributed by atoms with E-state index in [-0.39, 0.29) is 0 Å². The van der Waals surface area contributed by atoms with Gasteiger partial charge in [-0.1, -0.05) is 26.0 Å². The topological polar surface area (TPSA) is 23.5 Å². The summed E-state index contributed by atoms with van der Waals surface area (Å²) in [5, 5.41) is 9.54. The third-order valence-electron chi connectivity index (χ3n) is 2.71. The average Bonchev–Trinajstić information content (AvgIpc) is 2.20. The summed E-state index contributed by atoms with van der Waals surface area (Å²) in [5.74, 6) is 0.398. The van der Waals surface area contributed by atoms with E-state index in [1.165, 1.54) is 5.56 Å². The molecule has 0 spiro atoms. The lowest BCUT2D eigenvalue weighted by Crippen LogP contribution is -2.22. The van der Waals surface area contributed by atoms with Gasteiger partial charge >= 0.3 is 0 Å². The molecule has 1 N–H and O–H groups in total. The number of phenols is 1. The van der Waals surface area contributed by atoms with Crippen molar-refractivity contribution in [1.29, 1.82) is 0 Å². The van der Waals surface area contributed by atoms with Crippen molar-refractivity contribution in [3.05, 3.63) is 29.3 Å². The highest BCUT2D eigenvalue weighted by molar-refractivity contribution is 5.37. The zero-order valence-corrected chi connectivity index (χ0v) is 9.25. The Labute approximate surface area is 86.2 Å². The van der Waals surface area contributed by atoms with Crippen LogP contribution < -0.4 is 0 Å². The summed E-state index contributed by atoms with van der Waals surface area (Å²) in [4.78, 5) is 2.34. The first-order chi connectivity index (χ1) is 6.69. The second-order valence-electron chi connectivity index (χ2n) is 3.52. The monoisotopic (exact) mass is 193 g/mol. The number of phenolic OH excluding ortho intramolecular Hbond substituents is 1. The summed E-state index contributed by atoms with van der Waals surface area (Å²) >= 11 is 0. The van der Waals surface area contributed by atoms with E-state index in [1.807, 2.05) is 13.0 Å². The van der Waals surface area contributed by atoms with Crippen LogP contribution in [0.3, 0.4) is 0 Å². The number of nitrogens with zero attached hydrogens (tertiary/aromatic N) is 1. The highest BCUT2D eigenvalue weighted by atomic mass is 16.3. The van der Waals surface area contributed by atoms with Crippen molar-refractivity contribution < 1.29 is 5.11 Å². The van der Waals surface area contributed by atoms with Crippen molar-refractivity contribution in [1.82, 2.24) is 4.90 Å². The van der Waals surface area contributed by atoms with E-state index in [2.05, 4.69) is 24.8 Å². The highest BCUT2D eigenvalue weighted by Crippen LogP contribution is 2.20. The Morgan fingerprint density at radius 1 is 1.21 bits per heavy atom. The Morgan fingerprint density at radius 3 is 2.43 bits per heavy atom. The zero-order valence-electron chi connectivity index (χ0n) is 9.25. The van der Waals surface area contributed by atoms with Crippen molar-refractivity contribution in [3.8, 4) is 5.75 Å². The molecule has 1 rings (SSSR count). The number of rotatable bonds is 4. The molecule has 0 radical (unpaired) electrons. The molecule has 0 aliphatic heterocycles.